The van der Waals surface area contributed by atoms with Gasteiger partial charge in [-0.25, -0.2) is 9.97 Å². The number of thioether (sulfide) groups is 1. The number of benzene rings is 1. The van der Waals surface area contributed by atoms with Crippen LogP contribution in [0.5, 0.6) is 0 Å². The number of pyridine rings is 1. The topological polar surface area (TPSA) is 72.3 Å². The van der Waals surface area contributed by atoms with Crippen molar-refractivity contribution in [3.8, 4) is 5.69 Å². The molecule has 2 aromatic heterocycles. The Morgan fingerprint density at radius 1 is 1.07 bits per heavy atom. The summed E-state index contributed by atoms with van der Waals surface area (Å²) in [6.07, 6.45) is 5.57. The summed E-state index contributed by atoms with van der Waals surface area (Å²) in [6.45, 7) is 5.74. The molecular formula is C22H25N5O2S. The summed E-state index contributed by atoms with van der Waals surface area (Å²) in [7, 11) is 0. The zero-order chi connectivity index (χ0) is 21.1. The Balaban J connectivity index is 1.52. The van der Waals surface area contributed by atoms with Crippen molar-refractivity contribution in [2.24, 2.45) is 0 Å². The summed E-state index contributed by atoms with van der Waals surface area (Å²) >= 11 is 1.50. The van der Waals surface area contributed by atoms with Crippen LogP contribution in [0.25, 0.3) is 5.69 Å². The molecule has 0 spiro atoms. The molecule has 1 aromatic carbocycles. The second kappa shape index (κ2) is 8.89. The Labute approximate surface area is 180 Å². The number of para-hydroxylation sites is 1. The molecule has 30 heavy (non-hydrogen) atoms. The molecule has 4 rings (SSSR count). The first-order valence-electron chi connectivity index (χ1n) is 9.90. The number of nitrogens with one attached hydrogen (secondary N) is 1. The predicted octanol–water partition coefficient (Wildman–Crippen LogP) is 3.86. The third kappa shape index (κ3) is 4.34. The average molecular weight is 424 g/mol. The number of ether oxygens (including phenoxy) is 1. The fourth-order valence-corrected chi connectivity index (χ4v) is 4.22. The fourth-order valence-electron chi connectivity index (χ4n) is 3.67. The van der Waals surface area contributed by atoms with Gasteiger partial charge in [-0.2, -0.15) is 0 Å². The predicted molar refractivity (Wildman–Crippen MR) is 120 cm³/mol. The van der Waals surface area contributed by atoms with E-state index in [2.05, 4.69) is 34.0 Å². The zero-order valence-corrected chi connectivity index (χ0v) is 18.1. The smallest absolute Gasteiger partial charge is 0.274 e. The maximum Gasteiger partial charge on any atom is 0.274 e. The molecule has 7 nitrogen and oxygen atoms in total. The number of rotatable bonds is 5. The molecule has 1 aliphatic rings. The minimum atomic E-state index is -0.227. The summed E-state index contributed by atoms with van der Waals surface area (Å²) in [5.41, 5.74) is 2.02. The van der Waals surface area contributed by atoms with Crippen LogP contribution in [0.15, 0.2) is 60.0 Å². The molecule has 0 saturated carbocycles. The molecule has 2 unspecified atom stereocenters. The Bertz CT molecular complexity index is 996. The van der Waals surface area contributed by atoms with E-state index >= 15 is 0 Å². The van der Waals surface area contributed by atoms with Crippen LogP contribution >= 0.6 is 11.8 Å². The van der Waals surface area contributed by atoms with Crippen LogP contribution < -0.4 is 10.2 Å². The van der Waals surface area contributed by atoms with E-state index in [-0.39, 0.29) is 18.1 Å². The van der Waals surface area contributed by atoms with Crippen LogP contribution in [0.1, 0.15) is 24.3 Å². The summed E-state index contributed by atoms with van der Waals surface area (Å²) in [5, 5.41) is 3.70. The summed E-state index contributed by atoms with van der Waals surface area (Å²) in [6, 6.07) is 13.6. The SMILES string of the molecule is CSc1ncc(C(=O)Nc2ccc(N3CC(C)OC(C)C3)nc2)n1-c1ccccc1. The molecule has 1 amide bonds. The lowest BCUT2D eigenvalue weighted by Gasteiger charge is -2.36. The van der Waals surface area contributed by atoms with Crippen LogP contribution in [-0.4, -0.2) is 52.0 Å². The van der Waals surface area contributed by atoms with E-state index in [0.29, 0.717) is 11.4 Å². The van der Waals surface area contributed by atoms with Gasteiger partial charge in [0, 0.05) is 18.8 Å². The highest BCUT2D eigenvalue weighted by Gasteiger charge is 2.23. The summed E-state index contributed by atoms with van der Waals surface area (Å²) < 4.78 is 7.65. The van der Waals surface area contributed by atoms with E-state index in [1.54, 1.807) is 12.4 Å². The van der Waals surface area contributed by atoms with Gasteiger partial charge in [-0.1, -0.05) is 30.0 Å². The van der Waals surface area contributed by atoms with Crippen LogP contribution in [0.4, 0.5) is 11.5 Å². The molecule has 1 fully saturated rings. The Morgan fingerprint density at radius 2 is 1.80 bits per heavy atom. The van der Waals surface area contributed by atoms with E-state index < -0.39 is 0 Å². The molecule has 1 N–H and O–H groups in total. The number of aromatic nitrogens is 3. The van der Waals surface area contributed by atoms with Crippen LogP contribution in [0.2, 0.25) is 0 Å². The van der Waals surface area contributed by atoms with Crippen LogP contribution in [0.3, 0.4) is 0 Å². The maximum absolute atomic E-state index is 13.0. The second-order valence-corrected chi connectivity index (χ2v) is 8.10. The normalized spacial score (nSPS) is 19.0. The number of imidazole rings is 1. The van der Waals surface area contributed by atoms with Gasteiger partial charge in [0.15, 0.2) is 5.16 Å². The highest BCUT2D eigenvalue weighted by Crippen LogP contribution is 2.23. The van der Waals surface area contributed by atoms with Crippen molar-refractivity contribution in [1.29, 1.82) is 0 Å². The number of anilines is 2. The minimum Gasteiger partial charge on any atom is -0.372 e. The molecule has 2 atom stereocenters. The van der Waals surface area contributed by atoms with Crippen molar-refractivity contribution in [3.05, 3.63) is 60.6 Å². The molecule has 0 bridgehead atoms. The van der Waals surface area contributed by atoms with Gasteiger partial charge in [0.25, 0.3) is 5.91 Å². The number of hydrogen-bond donors (Lipinski definition) is 1. The first-order valence-corrected chi connectivity index (χ1v) is 11.1. The molecule has 1 aliphatic heterocycles. The van der Waals surface area contributed by atoms with Gasteiger partial charge >= 0.3 is 0 Å². The fraction of sp³-hybridized carbons (Fsp3) is 0.318. The van der Waals surface area contributed by atoms with Crippen molar-refractivity contribution in [3.63, 3.8) is 0 Å². The van der Waals surface area contributed by atoms with E-state index in [1.165, 1.54) is 11.8 Å². The average Bonchev–Trinajstić information content (AvgIpc) is 3.18. The van der Waals surface area contributed by atoms with Gasteiger partial charge < -0.3 is 15.0 Å². The van der Waals surface area contributed by atoms with E-state index in [1.807, 2.05) is 53.3 Å². The van der Waals surface area contributed by atoms with Crippen molar-refractivity contribution in [1.82, 2.24) is 14.5 Å². The molecule has 1 saturated heterocycles. The standard InChI is InChI=1S/C22H25N5O2S/c1-15-13-26(14-16(2)29-15)20-10-9-17(11-23-20)25-21(28)19-12-24-22(30-3)27(19)18-7-5-4-6-8-18/h4-12,15-16H,13-14H2,1-3H3,(H,25,28). The molecular weight excluding hydrogens is 398 g/mol. The second-order valence-electron chi connectivity index (χ2n) is 7.32. The lowest BCUT2D eigenvalue weighted by Crippen LogP contribution is -2.45. The highest BCUT2D eigenvalue weighted by molar-refractivity contribution is 7.98. The first-order chi connectivity index (χ1) is 14.5. The number of morpholine rings is 1. The molecule has 0 radical (unpaired) electrons. The van der Waals surface area contributed by atoms with Gasteiger partial charge in [0.2, 0.25) is 0 Å². The lowest BCUT2D eigenvalue weighted by atomic mass is 10.2. The first kappa shape index (κ1) is 20.4. The molecule has 156 valence electrons. The monoisotopic (exact) mass is 423 g/mol. The maximum atomic E-state index is 13.0. The highest BCUT2D eigenvalue weighted by atomic mass is 32.2. The Morgan fingerprint density at radius 3 is 2.43 bits per heavy atom. The minimum absolute atomic E-state index is 0.166. The van der Waals surface area contributed by atoms with Crippen molar-refractivity contribution in [2.75, 3.05) is 29.6 Å². The van der Waals surface area contributed by atoms with Crippen LogP contribution in [-0.2, 0) is 4.74 Å². The van der Waals surface area contributed by atoms with Gasteiger partial charge in [0.05, 0.1) is 30.3 Å². The van der Waals surface area contributed by atoms with E-state index in [0.717, 1.165) is 29.8 Å². The van der Waals surface area contributed by atoms with Crippen LogP contribution in [0, 0.1) is 0 Å². The summed E-state index contributed by atoms with van der Waals surface area (Å²) in [4.78, 5) is 24.1. The molecule has 3 aromatic rings. The van der Waals surface area contributed by atoms with E-state index in [9.17, 15) is 4.79 Å². The van der Waals surface area contributed by atoms with Gasteiger partial charge in [-0.3, -0.25) is 9.36 Å². The number of hydrogen-bond acceptors (Lipinski definition) is 6. The van der Waals surface area contributed by atoms with E-state index in [4.69, 9.17) is 4.74 Å². The Kier molecular flexibility index (Phi) is 6.06. The zero-order valence-electron chi connectivity index (χ0n) is 17.3. The van der Waals surface area contributed by atoms with Crippen molar-refractivity contribution < 1.29 is 9.53 Å². The quantitative estimate of drug-likeness (QED) is 0.629. The number of carbonyl (C=O) groups excluding carboxylic acids is 1. The largest absolute Gasteiger partial charge is 0.372 e. The number of carbonyl (C=O) groups is 1. The van der Waals surface area contributed by atoms with Gasteiger partial charge in [-0.15, -0.1) is 0 Å². The van der Waals surface area contributed by atoms with Gasteiger partial charge in [0.1, 0.15) is 11.5 Å². The number of amides is 1. The van der Waals surface area contributed by atoms with Crippen molar-refractivity contribution in [2.45, 2.75) is 31.2 Å². The number of nitrogens with zero attached hydrogens (tertiary/aromatic N) is 4. The summed E-state index contributed by atoms with van der Waals surface area (Å²) in [5.74, 6) is 0.656. The third-order valence-corrected chi connectivity index (χ3v) is 5.56. The van der Waals surface area contributed by atoms with Gasteiger partial charge in [-0.05, 0) is 44.4 Å². The molecule has 8 heteroatoms. The Hall–Kier alpha value is -2.84. The van der Waals surface area contributed by atoms with Crippen molar-refractivity contribution >= 4 is 29.2 Å². The lowest BCUT2D eigenvalue weighted by molar-refractivity contribution is -0.00545. The molecule has 0 aliphatic carbocycles. The third-order valence-electron chi connectivity index (χ3n) is 4.91. The molecule has 3 heterocycles.